The van der Waals surface area contributed by atoms with Gasteiger partial charge in [-0.2, -0.15) is 0 Å². The molecule has 1 aliphatic heterocycles. The van der Waals surface area contributed by atoms with E-state index in [4.69, 9.17) is 11.6 Å². The third-order valence-electron chi connectivity index (χ3n) is 4.49. The molecule has 1 fully saturated rings. The highest BCUT2D eigenvalue weighted by Crippen LogP contribution is 2.21. The van der Waals surface area contributed by atoms with Gasteiger partial charge in [-0.3, -0.25) is 9.59 Å². The first-order valence-corrected chi connectivity index (χ1v) is 9.69. The number of benzene rings is 1. The fourth-order valence-corrected chi connectivity index (χ4v) is 3.54. The Morgan fingerprint density at radius 3 is 2.50 bits per heavy atom. The van der Waals surface area contributed by atoms with Gasteiger partial charge in [0.25, 0.3) is 0 Å². The van der Waals surface area contributed by atoms with Crippen molar-refractivity contribution in [2.75, 3.05) is 6.54 Å². The Morgan fingerprint density at radius 2 is 1.88 bits per heavy atom. The molecule has 0 saturated carbocycles. The molecule has 1 saturated heterocycles. The van der Waals surface area contributed by atoms with Crippen LogP contribution in [0, 0.1) is 11.8 Å². The molecule has 2 amide bonds. The van der Waals surface area contributed by atoms with Crippen molar-refractivity contribution in [2.24, 2.45) is 11.8 Å². The number of amides is 2. The van der Waals surface area contributed by atoms with E-state index >= 15 is 0 Å². The van der Waals surface area contributed by atoms with Crippen LogP contribution < -0.4 is 5.32 Å². The zero-order chi connectivity index (χ0) is 19.3. The Labute approximate surface area is 161 Å². The lowest BCUT2D eigenvalue weighted by Gasteiger charge is -2.40. The minimum atomic E-state index is -0.415. The van der Waals surface area contributed by atoms with Gasteiger partial charge in [-0.05, 0) is 42.4 Å². The fourth-order valence-electron chi connectivity index (χ4n) is 3.34. The van der Waals surface area contributed by atoms with Crippen LogP contribution in [0.1, 0.15) is 46.1 Å². The minimum Gasteiger partial charge on any atom is -0.350 e. The van der Waals surface area contributed by atoms with Crippen molar-refractivity contribution >= 4 is 29.5 Å². The summed E-state index contributed by atoms with van der Waals surface area (Å²) in [6.07, 6.45) is 4.77. The molecule has 1 heterocycles. The Hall–Kier alpha value is -1.81. The average Bonchev–Trinajstić information content (AvgIpc) is 2.55. The van der Waals surface area contributed by atoms with Crippen molar-refractivity contribution in [3.63, 3.8) is 0 Å². The molecule has 1 aromatic carbocycles. The first-order valence-electron chi connectivity index (χ1n) is 9.31. The van der Waals surface area contributed by atoms with Crippen molar-refractivity contribution in [2.45, 2.75) is 52.6 Å². The second kappa shape index (κ2) is 9.22. The van der Waals surface area contributed by atoms with Gasteiger partial charge in [-0.25, -0.2) is 0 Å². The standard InChI is InChI=1S/C21H29ClN2O2/c1-14(2)11-17-13-24(19(12-15(3)4)21(26)23-17)20(25)10-9-16-7-5-6-8-18(16)22/h5-10,14-15,17,19H,11-13H2,1-4H3,(H,23,26)/b10-9+/t17-,19-/m0/s1. The summed E-state index contributed by atoms with van der Waals surface area (Å²) in [4.78, 5) is 27.2. The predicted octanol–water partition coefficient (Wildman–Crippen LogP) is 4.14. The zero-order valence-corrected chi connectivity index (χ0v) is 16.8. The van der Waals surface area contributed by atoms with Gasteiger partial charge in [0.15, 0.2) is 0 Å². The van der Waals surface area contributed by atoms with Crippen LogP contribution in [0.5, 0.6) is 0 Å². The molecular formula is C21H29ClN2O2. The van der Waals surface area contributed by atoms with E-state index in [0.29, 0.717) is 29.8 Å². The predicted molar refractivity (Wildman–Crippen MR) is 107 cm³/mol. The van der Waals surface area contributed by atoms with E-state index in [-0.39, 0.29) is 17.9 Å². The van der Waals surface area contributed by atoms with Crippen molar-refractivity contribution in [3.8, 4) is 0 Å². The molecule has 2 atom stereocenters. The van der Waals surface area contributed by atoms with Gasteiger partial charge in [0.05, 0.1) is 0 Å². The molecule has 0 unspecified atom stereocenters. The number of hydrogen-bond donors (Lipinski definition) is 1. The highest BCUT2D eigenvalue weighted by atomic mass is 35.5. The van der Waals surface area contributed by atoms with Crippen LogP contribution >= 0.6 is 11.6 Å². The van der Waals surface area contributed by atoms with Crippen molar-refractivity contribution in [1.82, 2.24) is 10.2 Å². The summed E-state index contributed by atoms with van der Waals surface area (Å²) in [5, 5.41) is 3.69. The number of hydrogen-bond acceptors (Lipinski definition) is 2. The molecule has 0 bridgehead atoms. The molecule has 1 aliphatic rings. The monoisotopic (exact) mass is 376 g/mol. The lowest BCUT2D eigenvalue weighted by molar-refractivity contribution is -0.142. The third kappa shape index (κ3) is 5.60. The molecule has 0 aromatic heterocycles. The number of nitrogens with zero attached hydrogens (tertiary/aromatic N) is 1. The molecule has 1 aromatic rings. The average molecular weight is 377 g/mol. The van der Waals surface area contributed by atoms with Crippen LogP contribution in [-0.4, -0.2) is 35.3 Å². The van der Waals surface area contributed by atoms with E-state index in [2.05, 4.69) is 33.0 Å². The normalized spacial score (nSPS) is 20.9. The summed E-state index contributed by atoms with van der Waals surface area (Å²) in [6.45, 7) is 8.92. The molecule has 5 heteroatoms. The largest absolute Gasteiger partial charge is 0.350 e. The summed E-state index contributed by atoms with van der Waals surface area (Å²) < 4.78 is 0. The van der Waals surface area contributed by atoms with Gasteiger partial charge in [-0.1, -0.05) is 57.5 Å². The van der Waals surface area contributed by atoms with E-state index in [9.17, 15) is 9.59 Å². The molecule has 2 rings (SSSR count). The Morgan fingerprint density at radius 1 is 1.23 bits per heavy atom. The molecule has 26 heavy (non-hydrogen) atoms. The molecule has 4 nitrogen and oxygen atoms in total. The SMILES string of the molecule is CC(C)C[C@H]1CN(C(=O)/C=C/c2ccccc2Cl)[C@@H](CC(C)C)C(=O)N1. The molecule has 142 valence electrons. The maximum Gasteiger partial charge on any atom is 0.247 e. The van der Waals surface area contributed by atoms with Crippen LogP contribution in [0.25, 0.3) is 6.08 Å². The molecule has 0 aliphatic carbocycles. The fraction of sp³-hybridized carbons (Fsp3) is 0.524. The summed E-state index contributed by atoms with van der Waals surface area (Å²) in [5.41, 5.74) is 0.795. The van der Waals surface area contributed by atoms with E-state index in [1.807, 2.05) is 18.2 Å². The summed E-state index contributed by atoms with van der Waals surface area (Å²) >= 11 is 6.15. The minimum absolute atomic E-state index is 0.00331. The highest BCUT2D eigenvalue weighted by molar-refractivity contribution is 6.32. The topological polar surface area (TPSA) is 49.4 Å². The lowest BCUT2D eigenvalue weighted by Crippen LogP contribution is -2.61. The van der Waals surface area contributed by atoms with Gasteiger partial charge < -0.3 is 10.2 Å². The van der Waals surface area contributed by atoms with E-state index in [1.54, 1.807) is 17.0 Å². The molecule has 1 N–H and O–H groups in total. The van der Waals surface area contributed by atoms with Crippen LogP contribution in [0.15, 0.2) is 30.3 Å². The smallest absolute Gasteiger partial charge is 0.247 e. The summed E-state index contributed by atoms with van der Waals surface area (Å²) in [6, 6.07) is 6.98. The lowest BCUT2D eigenvalue weighted by atomic mass is 9.95. The Balaban J connectivity index is 2.19. The first kappa shape index (κ1) is 20.5. The number of rotatable bonds is 6. The molecule has 0 spiro atoms. The quantitative estimate of drug-likeness (QED) is 0.758. The number of carbonyl (C=O) groups excluding carboxylic acids is 2. The summed E-state index contributed by atoms with van der Waals surface area (Å²) in [5.74, 6) is 0.599. The maximum atomic E-state index is 12.9. The second-order valence-corrected chi connectivity index (χ2v) is 8.23. The number of carbonyl (C=O) groups is 2. The van der Waals surface area contributed by atoms with Crippen molar-refractivity contribution in [1.29, 1.82) is 0 Å². The van der Waals surface area contributed by atoms with E-state index in [0.717, 1.165) is 12.0 Å². The van der Waals surface area contributed by atoms with E-state index < -0.39 is 6.04 Å². The Bertz CT molecular complexity index is 670. The van der Waals surface area contributed by atoms with Crippen LogP contribution in [0.3, 0.4) is 0 Å². The Kier molecular flexibility index (Phi) is 7.27. The van der Waals surface area contributed by atoms with E-state index in [1.165, 1.54) is 6.08 Å². The van der Waals surface area contributed by atoms with Crippen LogP contribution in [0.4, 0.5) is 0 Å². The van der Waals surface area contributed by atoms with Crippen LogP contribution in [-0.2, 0) is 9.59 Å². The maximum absolute atomic E-state index is 12.9. The van der Waals surface area contributed by atoms with Gasteiger partial charge >= 0.3 is 0 Å². The van der Waals surface area contributed by atoms with Crippen LogP contribution in [0.2, 0.25) is 5.02 Å². The second-order valence-electron chi connectivity index (χ2n) is 7.83. The third-order valence-corrected chi connectivity index (χ3v) is 4.83. The number of nitrogens with one attached hydrogen (secondary N) is 1. The first-order chi connectivity index (χ1) is 12.3. The zero-order valence-electron chi connectivity index (χ0n) is 16.0. The number of halogens is 1. The number of piperazine rings is 1. The van der Waals surface area contributed by atoms with Gasteiger partial charge in [0.2, 0.25) is 11.8 Å². The van der Waals surface area contributed by atoms with Gasteiger partial charge in [0.1, 0.15) is 6.04 Å². The molecular weight excluding hydrogens is 348 g/mol. The van der Waals surface area contributed by atoms with Crippen molar-refractivity contribution in [3.05, 3.63) is 40.9 Å². The highest BCUT2D eigenvalue weighted by Gasteiger charge is 2.36. The molecule has 0 radical (unpaired) electrons. The van der Waals surface area contributed by atoms with Gasteiger partial charge in [0, 0.05) is 23.7 Å². The summed E-state index contributed by atoms with van der Waals surface area (Å²) in [7, 11) is 0. The van der Waals surface area contributed by atoms with Gasteiger partial charge in [-0.15, -0.1) is 0 Å². The van der Waals surface area contributed by atoms with Crippen molar-refractivity contribution < 1.29 is 9.59 Å².